The van der Waals surface area contributed by atoms with Crippen molar-refractivity contribution in [1.82, 2.24) is 0 Å². The third kappa shape index (κ3) is 2.05. The van der Waals surface area contributed by atoms with Gasteiger partial charge in [-0.25, -0.2) is 0 Å². The summed E-state index contributed by atoms with van der Waals surface area (Å²) in [5.74, 6) is 0. The second-order valence-electron chi connectivity index (χ2n) is 1.75. The molecule has 0 aromatic rings. The molecule has 10 heavy (non-hydrogen) atoms. The second kappa shape index (κ2) is 4.08. The summed E-state index contributed by atoms with van der Waals surface area (Å²) in [6.45, 7) is 0.180. The first kappa shape index (κ1) is 8.20. The summed E-state index contributed by atoms with van der Waals surface area (Å²) in [6, 6.07) is 0. The molecule has 1 aliphatic heterocycles. The zero-order valence-electron chi connectivity index (χ0n) is 5.28. The molecule has 0 spiro atoms. The van der Waals surface area contributed by atoms with Gasteiger partial charge in [-0.1, -0.05) is 21.6 Å². The van der Waals surface area contributed by atoms with Crippen molar-refractivity contribution in [2.75, 3.05) is 13.2 Å². The zero-order valence-corrected chi connectivity index (χ0v) is 6.91. The van der Waals surface area contributed by atoms with Crippen LogP contribution < -0.4 is 0 Å². The van der Waals surface area contributed by atoms with Crippen molar-refractivity contribution in [3.63, 3.8) is 0 Å². The minimum absolute atomic E-state index is 0.0902. The van der Waals surface area contributed by atoms with Crippen LogP contribution in [-0.4, -0.2) is 23.4 Å². The van der Waals surface area contributed by atoms with Gasteiger partial charge in [-0.15, -0.1) is 0 Å². The number of rotatable bonds is 2. The summed E-state index contributed by atoms with van der Waals surface area (Å²) in [6.07, 6.45) is 3.65. The Morgan fingerprint density at radius 1 is 1.00 bits per heavy atom. The highest BCUT2D eigenvalue weighted by molar-refractivity contribution is 8.79. The fourth-order valence-electron chi connectivity index (χ4n) is 0.507. The van der Waals surface area contributed by atoms with Crippen LogP contribution in [0.15, 0.2) is 22.0 Å². The summed E-state index contributed by atoms with van der Waals surface area (Å²) in [4.78, 5) is 1.87. The lowest BCUT2D eigenvalue weighted by Crippen LogP contribution is -1.90. The highest BCUT2D eigenvalue weighted by Crippen LogP contribution is 2.39. The maximum absolute atomic E-state index is 8.66. The Morgan fingerprint density at radius 3 is 1.60 bits per heavy atom. The number of aliphatic hydroxyl groups is 2. The second-order valence-corrected chi connectivity index (χ2v) is 4.13. The topological polar surface area (TPSA) is 40.5 Å². The van der Waals surface area contributed by atoms with E-state index < -0.39 is 0 Å². The van der Waals surface area contributed by atoms with Crippen LogP contribution in [0.1, 0.15) is 0 Å². The van der Waals surface area contributed by atoms with E-state index in [0.717, 1.165) is 9.81 Å². The third-order valence-electron chi connectivity index (χ3n) is 1.02. The Morgan fingerprint density at radius 2 is 1.40 bits per heavy atom. The average Bonchev–Trinajstić information content (AvgIpc) is 2.05. The van der Waals surface area contributed by atoms with Crippen molar-refractivity contribution in [2.24, 2.45) is 0 Å². The Balaban J connectivity index is 2.55. The molecule has 4 heteroatoms. The predicted molar refractivity (Wildman–Crippen MR) is 45.5 cm³/mol. The summed E-state index contributed by atoms with van der Waals surface area (Å²) < 4.78 is 0. The van der Waals surface area contributed by atoms with Crippen LogP contribution in [0.5, 0.6) is 0 Å². The Bertz CT molecular complexity index is 155. The summed E-state index contributed by atoms with van der Waals surface area (Å²) >= 11 is 0. The summed E-state index contributed by atoms with van der Waals surface area (Å²) in [7, 11) is 2.99. The molecule has 0 bridgehead atoms. The lowest BCUT2D eigenvalue weighted by Gasteiger charge is -2.08. The molecule has 0 radical (unpaired) electrons. The Labute approximate surface area is 67.4 Å². The molecule has 0 amide bonds. The molecule has 56 valence electrons. The Hall–Kier alpha value is 0.1000. The first-order chi connectivity index (χ1) is 4.86. The fraction of sp³-hybridized carbons (Fsp3) is 0.333. The van der Waals surface area contributed by atoms with Gasteiger partial charge in [0, 0.05) is 9.81 Å². The summed E-state index contributed by atoms with van der Waals surface area (Å²) in [5.41, 5.74) is 0. The highest BCUT2D eigenvalue weighted by atomic mass is 33.1. The van der Waals surface area contributed by atoms with E-state index in [1.807, 2.05) is 12.2 Å². The predicted octanol–water partition coefficient (Wildman–Crippen LogP) is 1.13. The van der Waals surface area contributed by atoms with Crippen LogP contribution in [0, 0.1) is 0 Å². The first-order valence-corrected chi connectivity index (χ1v) is 4.97. The van der Waals surface area contributed by atoms with E-state index in [1.54, 1.807) is 0 Å². The van der Waals surface area contributed by atoms with Gasteiger partial charge in [0.2, 0.25) is 0 Å². The molecular weight excluding hydrogens is 168 g/mol. The van der Waals surface area contributed by atoms with E-state index in [-0.39, 0.29) is 13.2 Å². The SMILES string of the molecule is OCC1=CC=C(CO)SS1. The van der Waals surface area contributed by atoms with E-state index in [4.69, 9.17) is 10.2 Å². The fourth-order valence-corrected chi connectivity index (χ4v) is 2.37. The molecule has 0 aromatic carbocycles. The number of aliphatic hydroxyl groups excluding tert-OH is 2. The minimum atomic E-state index is 0.0902. The molecule has 1 rings (SSSR count). The summed E-state index contributed by atoms with van der Waals surface area (Å²) in [5, 5.41) is 17.3. The molecule has 0 saturated carbocycles. The van der Waals surface area contributed by atoms with Gasteiger partial charge < -0.3 is 10.2 Å². The minimum Gasteiger partial charge on any atom is -0.391 e. The average molecular weight is 176 g/mol. The quantitative estimate of drug-likeness (QED) is 0.619. The van der Waals surface area contributed by atoms with Crippen LogP contribution in [0.2, 0.25) is 0 Å². The molecular formula is C6H8O2S2. The standard InChI is InChI=1S/C6H8O2S2/c7-3-5-1-2-6(4-8)10-9-5/h1-2,7-8H,3-4H2. The van der Waals surface area contributed by atoms with Crippen molar-refractivity contribution in [2.45, 2.75) is 0 Å². The van der Waals surface area contributed by atoms with Crippen LogP contribution in [0.25, 0.3) is 0 Å². The van der Waals surface area contributed by atoms with Crippen LogP contribution in [0.4, 0.5) is 0 Å². The van der Waals surface area contributed by atoms with Gasteiger partial charge >= 0.3 is 0 Å². The molecule has 0 unspecified atom stereocenters. The van der Waals surface area contributed by atoms with Gasteiger partial charge in [-0.2, -0.15) is 0 Å². The van der Waals surface area contributed by atoms with E-state index in [9.17, 15) is 0 Å². The lowest BCUT2D eigenvalue weighted by molar-refractivity contribution is 0.337. The smallest absolute Gasteiger partial charge is 0.0749 e. The maximum atomic E-state index is 8.66. The molecule has 0 aliphatic carbocycles. The molecule has 0 atom stereocenters. The maximum Gasteiger partial charge on any atom is 0.0749 e. The molecule has 1 aliphatic rings. The van der Waals surface area contributed by atoms with Gasteiger partial charge in [0.1, 0.15) is 0 Å². The van der Waals surface area contributed by atoms with Gasteiger partial charge in [-0.3, -0.25) is 0 Å². The van der Waals surface area contributed by atoms with Crippen LogP contribution >= 0.6 is 21.6 Å². The van der Waals surface area contributed by atoms with Crippen molar-refractivity contribution in [3.05, 3.63) is 22.0 Å². The van der Waals surface area contributed by atoms with E-state index >= 15 is 0 Å². The normalized spacial score (nSPS) is 18.2. The molecule has 2 N–H and O–H groups in total. The van der Waals surface area contributed by atoms with Crippen molar-refractivity contribution in [1.29, 1.82) is 0 Å². The van der Waals surface area contributed by atoms with E-state index in [2.05, 4.69) is 0 Å². The van der Waals surface area contributed by atoms with Gasteiger partial charge in [0.25, 0.3) is 0 Å². The van der Waals surface area contributed by atoms with E-state index in [0.29, 0.717) is 0 Å². The molecule has 1 heterocycles. The van der Waals surface area contributed by atoms with Crippen molar-refractivity contribution in [3.8, 4) is 0 Å². The van der Waals surface area contributed by atoms with Crippen molar-refractivity contribution >= 4 is 21.6 Å². The number of hydrogen-bond donors (Lipinski definition) is 2. The first-order valence-electron chi connectivity index (χ1n) is 2.83. The third-order valence-corrected chi connectivity index (χ3v) is 3.60. The largest absolute Gasteiger partial charge is 0.391 e. The lowest BCUT2D eigenvalue weighted by atomic mass is 10.4. The van der Waals surface area contributed by atoms with Gasteiger partial charge in [0.05, 0.1) is 13.2 Å². The van der Waals surface area contributed by atoms with E-state index in [1.165, 1.54) is 21.6 Å². The monoisotopic (exact) mass is 176 g/mol. The van der Waals surface area contributed by atoms with Crippen LogP contribution in [0.3, 0.4) is 0 Å². The molecule has 2 nitrogen and oxygen atoms in total. The van der Waals surface area contributed by atoms with Crippen molar-refractivity contribution < 1.29 is 10.2 Å². The molecule has 0 aromatic heterocycles. The molecule has 0 fully saturated rings. The molecule has 0 saturated heterocycles. The zero-order chi connectivity index (χ0) is 7.40. The van der Waals surface area contributed by atoms with Gasteiger partial charge in [-0.05, 0) is 12.2 Å². The highest BCUT2D eigenvalue weighted by Gasteiger charge is 2.04. The van der Waals surface area contributed by atoms with Crippen LogP contribution in [-0.2, 0) is 0 Å². The number of allylic oxidation sites excluding steroid dienone is 2. The van der Waals surface area contributed by atoms with Gasteiger partial charge in [0.15, 0.2) is 0 Å². The number of hydrogen-bond acceptors (Lipinski definition) is 4. The Kier molecular flexibility index (Phi) is 3.34.